The summed E-state index contributed by atoms with van der Waals surface area (Å²) in [6, 6.07) is 7.43. The molecule has 0 radical (unpaired) electrons. The number of carbonyl (C=O) groups is 1. The van der Waals surface area contributed by atoms with Crippen LogP contribution in [0, 0.1) is 0 Å². The summed E-state index contributed by atoms with van der Waals surface area (Å²) in [4.78, 5) is 14.2. The first kappa shape index (κ1) is 16.3. The Balaban J connectivity index is 0.00000180. The van der Waals surface area contributed by atoms with Crippen LogP contribution in [0.2, 0.25) is 5.02 Å². The Kier molecular flexibility index (Phi) is 6.63. The fraction of sp³-hybridized carbons (Fsp3) is 0.500. The summed E-state index contributed by atoms with van der Waals surface area (Å²) in [6.45, 7) is 2.04. The van der Waals surface area contributed by atoms with Gasteiger partial charge in [0.1, 0.15) is 0 Å². The number of hydrogen-bond acceptors (Lipinski definition) is 2. The van der Waals surface area contributed by atoms with E-state index >= 15 is 0 Å². The monoisotopic (exact) mass is 302 g/mol. The number of hydrogen-bond donors (Lipinski definition) is 1. The predicted octanol–water partition coefficient (Wildman–Crippen LogP) is 2.98. The summed E-state index contributed by atoms with van der Waals surface area (Å²) in [5.41, 5.74) is 0.708. The Morgan fingerprint density at radius 2 is 1.95 bits per heavy atom. The molecule has 1 heterocycles. The molecule has 5 heteroatoms. The van der Waals surface area contributed by atoms with Crippen molar-refractivity contribution in [3.8, 4) is 0 Å². The molecule has 19 heavy (non-hydrogen) atoms. The van der Waals surface area contributed by atoms with Gasteiger partial charge in [-0.05, 0) is 56.6 Å². The van der Waals surface area contributed by atoms with E-state index in [0.717, 1.165) is 32.4 Å². The van der Waals surface area contributed by atoms with E-state index in [1.54, 1.807) is 24.3 Å². The van der Waals surface area contributed by atoms with Gasteiger partial charge in [-0.3, -0.25) is 4.79 Å². The minimum atomic E-state index is 0. The van der Waals surface area contributed by atoms with Crippen molar-refractivity contribution in [2.45, 2.75) is 25.3 Å². The predicted molar refractivity (Wildman–Crippen MR) is 81.3 cm³/mol. The van der Waals surface area contributed by atoms with Gasteiger partial charge in [0, 0.05) is 23.7 Å². The quantitative estimate of drug-likeness (QED) is 0.911. The molecule has 0 spiro atoms. The Bertz CT molecular complexity index is 400. The molecule has 1 aromatic rings. The molecule has 1 fully saturated rings. The maximum atomic E-state index is 12.3. The van der Waals surface area contributed by atoms with Gasteiger partial charge in [-0.15, -0.1) is 12.4 Å². The number of benzene rings is 1. The van der Waals surface area contributed by atoms with Crippen LogP contribution in [0.3, 0.4) is 0 Å². The molecule has 0 saturated carbocycles. The first-order valence-electron chi connectivity index (χ1n) is 6.42. The van der Waals surface area contributed by atoms with Crippen molar-refractivity contribution in [1.82, 2.24) is 10.2 Å². The molecule has 1 aliphatic rings. The second-order valence-corrected chi connectivity index (χ2v) is 5.19. The van der Waals surface area contributed by atoms with Crippen molar-refractivity contribution in [3.05, 3.63) is 34.9 Å². The van der Waals surface area contributed by atoms with Crippen LogP contribution in [0.5, 0.6) is 0 Å². The van der Waals surface area contributed by atoms with E-state index in [0.29, 0.717) is 16.6 Å². The zero-order valence-electron chi connectivity index (χ0n) is 11.1. The molecule has 0 aromatic heterocycles. The van der Waals surface area contributed by atoms with E-state index in [9.17, 15) is 4.79 Å². The van der Waals surface area contributed by atoms with Crippen LogP contribution in [0.15, 0.2) is 24.3 Å². The average Bonchev–Trinajstić information content (AvgIpc) is 2.67. The lowest BCUT2D eigenvalue weighted by molar-refractivity contribution is 0.0720. The van der Waals surface area contributed by atoms with E-state index in [-0.39, 0.29) is 18.3 Å². The molecule has 3 nitrogen and oxygen atoms in total. The van der Waals surface area contributed by atoms with Crippen LogP contribution in [-0.2, 0) is 0 Å². The molecule has 2 rings (SSSR count). The van der Waals surface area contributed by atoms with Gasteiger partial charge >= 0.3 is 0 Å². The van der Waals surface area contributed by atoms with Crippen LogP contribution in [0.25, 0.3) is 0 Å². The molecule has 1 saturated heterocycles. The van der Waals surface area contributed by atoms with Crippen LogP contribution in [-0.4, -0.2) is 37.0 Å². The number of nitrogens with zero attached hydrogens (tertiary/aromatic N) is 1. The SMILES string of the molecule is CN(C(=O)c1ccc(Cl)cc1)C1CCCNCC1.Cl. The highest BCUT2D eigenvalue weighted by Crippen LogP contribution is 2.16. The van der Waals surface area contributed by atoms with Gasteiger partial charge in [0.2, 0.25) is 0 Å². The van der Waals surface area contributed by atoms with Gasteiger partial charge in [-0.1, -0.05) is 11.6 Å². The summed E-state index contributed by atoms with van der Waals surface area (Å²) >= 11 is 5.83. The van der Waals surface area contributed by atoms with Crippen molar-refractivity contribution in [3.63, 3.8) is 0 Å². The second kappa shape index (κ2) is 7.73. The van der Waals surface area contributed by atoms with E-state index in [1.165, 1.54) is 0 Å². The topological polar surface area (TPSA) is 32.3 Å². The third kappa shape index (κ3) is 4.37. The largest absolute Gasteiger partial charge is 0.339 e. The average molecular weight is 303 g/mol. The maximum absolute atomic E-state index is 12.3. The first-order chi connectivity index (χ1) is 8.68. The molecule has 1 aromatic carbocycles. The first-order valence-corrected chi connectivity index (χ1v) is 6.80. The molecule has 106 valence electrons. The summed E-state index contributed by atoms with van der Waals surface area (Å²) in [5, 5.41) is 4.02. The van der Waals surface area contributed by atoms with E-state index in [2.05, 4.69) is 5.32 Å². The van der Waals surface area contributed by atoms with Crippen molar-refractivity contribution in [2.24, 2.45) is 0 Å². The van der Waals surface area contributed by atoms with Crippen LogP contribution >= 0.6 is 24.0 Å². The van der Waals surface area contributed by atoms with Crippen molar-refractivity contribution in [1.29, 1.82) is 0 Å². The van der Waals surface area contributed by atoms with E-state index in [1.807, 2.05) is 11.9 Å². The summed E-state index contributed by atoms with van der Waals surface area (Å²) in [6.07, 6.45) is 3.22. The molecule has 0 bridgehead atoms. The zero-order chi connectivity index (χ0) is 13.0. The summed E-state index contributed by atoms with van der Waals surface area (Å²) in [7, 11) is 1.90. The molecular weight excluding hydrogens is 283 g/mol. The molecular formula is C14H20Cl2N2O. The molecule has 1 unspecified atom stereocenters. The van der Waals surface area contributed by atoms with Crippen molar-refractivity contribution < 1.29 is 4.79 Å². The Morgan fingerprint density at radius 3 is 2.63 bits per heavy atom. The molecule has 1 N–H and O–H groups in total. The standard InChI is InChI=1S/C14H19ClN2O.ClH/c1-17(13-3-2-9-16-10-8-13)14(18)11-4-6-12(15)7-5-11;/h4-7,13,16H,2-3,8-10H2,1H3;1H. The van der Waals surface area contributed by atoms with Gasteiger partial charge in [-0.2, -0.15) is 0 Å². The summed E-state index contributed by atoms with van der Waals surface area (Å²) in [5.74, 6) is 0.0820. The van der Waals surface area contributed by atoms with Crippen LogP contribution in [0.4, 0.5) is 0 Å². The third-order valence-corrected chi connectivity index (χ3v) is 3.76. The highest BCUT2D eigenvalue weighted by atomic mass is 35.5. The summed E-state index contributed by atoms with van der Waals surface area (Å²) < 4.78 is 0. The molecule has 1 atom stereocenters. The van der Waals surface area contributed by atoms with Crippen LogP contribution in [0.1, 0.15) is 29.6 Å². The maximum Gasteiger partial charge on any atom is 0.253 e. The van der Waals surface area contributed by atoms with E-state index < -0.39 is 0 Å². The number of carbonyl (C=O) groups excluding carboxylic acids is 1. The third-order valence-electron chi connectivity index (χ3n) is 3.50. The highest BCUT2D eigenvalue weighted by Gasteiger charge is 2.21. The second-order valence-electron chi connectivity index (χ2n) is 4.76. The van der Waals surface area contributed by atoms with Gasteiger partial charge in [0.15, 0.2) is 0 Å². The number of amides is 1. The minimum absolute atomic E-state index is 0. The highest BCUT2D eigenvalue weighted by molar-refractivity contribution is 6.30. The Morgan fingerprint density at radius 1 is 1.26 bits per heavy atom. The number of rotatable bonds is 2. The Hall–Kier alpha value is -0.770. The lowest BCUT2D eigenvalue weighted by Crippen LogP contribution is -2.37. The molecule has 1 amide bonds. The number of halogens is 2. The molecule has 1 aliphatic heterocycles. The van der Waals surface area contributed by atoms with E-state index in [4.69, 9.17) is 11.6 Å². The molecule has 0 aliphatic carbocycles. The Labute approximate surface area is 125 Å². The number of nitrogens with one attached hydrogen (secondary N) is 1. The van der Waals surface area contributed by atoms with Gasteiger partial charge in [0.25, 0.3) is 5.91 Å². The fourth-order valence-electron chi connectivity index (χ4n) is 2.35. The van der Waals surface area contributed by atoms with Gasteiger partial charge in [0.05, 0.1) is 0 Å². The van der Waals surface area contributed by atoms with Gasteiger partial charge in [-0.25, -0.2) is 0 Å². The fourth-order valence-corrected chi connectivity index (χ4v) is 2.48. The van der Waals surface area contributed by atoms with Gasteiger partial charge < -0.3 is 10.2 Å². The van der Waals surface area contributed by atoms with Crippen molar-refractivity contribution in [2.75, 3.05) is 20.1 Å². The van der Waals surface area contributed by atoms with Crippen molar-refractivity contribution >= 4 is 29.9 Å². The lowest BCUT2D eigenvalue weighted by Gasteiger charge is -2.27. The lowest BCUT2D eigenvalue weighted by atomic mass is 10.1. The smallest absolute Gasteiger partial charge is 0.253 e. The normalized spacial score (nSPS) is 19.2. The minimum Gasteiger partial charge on any atom is -0.339 e. The zero-order valence-corrected chi connectivity index (χ0v) is 12.6. The van der Waals surface area contributed by atoms with Crippen LogP contribution < -0.4 is 5.32 Å².